The highest BCUT2D eigenvalue weighted by atomic mass is 16.6. The molecule has 0 bridgehead atoms. The second-order valence-corrected chi connectivity index (χ2v) is 3.56. The SMILES string of the molecule is CC1(C2OC2CO)CCC(=O)O1. The molecule has 3 atom stereocenters. The molecule has 0 aromatic carbocycles. The van der Waals surface area contributed by atoms with Gasteiger partial charge >= 0.3 is 5.97 Å². The second-order valence-electron chi connectivity index (χ2n) is 3.56. The van der Waals surface area contributed by atoms with E-state index in [1.165, 1.54) is 0 Å². The van der Waals surface area contributed by atoms with E-state index in [1.54, 1.807) is 0 Å². The zero-order chi connectivity index (χ0) is 8.77. The molecular weight excluding hydrogens is 160 g/mol. The fourth-order valence-corrected chi connectivity index (χ4v) is 1.73. The normalized spacial score (nSPS) is 46.0. The van der Waals surface area contributed by atoms with Gasteiger partial charge in [-0.2, -0.15) is 0 Å². The Bertz CT molecular complexity index is 215. The Balaban J connectivity index is 1.99. The number of aliphatic hydroxyl groups excluding tert-OH is 1. The van der Waals surface area contributed by atoms with Crippen molar-refractivity contribution in [3.8, 4) is 0 Å². The Hall–Kier alpha value is -0.610. The molecule has 2 saturated heterocycles. The first-order valence-corrected chi connectivity index (χ1v) is 4.14. The summed E-state index contributed by atoms with van der Waals surface area (Å²) in [5.74, 6) is -0.162. The maximum atomic E-state index is 10.8. The summed E-state index contributed by atoms with van der Waals surface area (Å²) in [6, 6.07) is 0. The molecule has 0 aliphatic carbocycles. The van der Waals surface area contributed by atoms with Gasteiger partial charge < -0.3 is 14.6 Å². The van der Waals surface area contributed by atoms with Gasteiger partial charge in [0, 0.05) is 12.8 Å². The molecule has 0 aromatic heterocycles. The van der Waals surface area contributed by atoms with Crippen molar-refractivity contribution in [3.63, 3.8) is 0 Å². The number of rotatable bonds is 2. The molecule has 2 rings (SSSR count). The molecule has 2 heterocycles. The van der Waals surface area contributed by atoms with Crippen LogP contribution in [0.1, 0.15) is 19.8 Å². The molecule has 2 fully saturated rings. The van der Waals surface area contributed by atoms with E-state index >= 15 is 0 Å². The van der Waals surface area contributed by atoms with Crippen molar-refractivity contribution in [1.29, 1.82) is 0 Å². The Labute approximate surface area is 70.5 Å². The monoisotopic (exact) mass is 172 g/mol. The molecule has 0 amide bonds. The molecule has 0 saturated carbocycles. The number of cyclic esters (lactones) is 1. The van der Waals surface area contributed by atoms with Crippen molar-refractivity contribution in [3.05, 3.63) is 0 Å². The molecule has 2 aliphatic rings. The van der Waals surface area contributed by atoms with Crippen LogP contribution in [-0.4, -0.2) is 35.5 Å². The van der Waals surface area contributed by atoms with E-state index in [4.69, 9.17) is 14.6 Å². The molecule has 0 spiro atoms. The van der Waals surface area contributed by atoms with Gasteiger partial charge in [-0.1, -0.05) is 0 Å². The van der Waals surface area contributed by atoms with Crippen LogP contribution in [0, 0.1) is 0 Å². The number of aliphatic hydroxyl groups is 1. The van der Waals surface area contributed by atoms with Crippen molar-refractivity contribution >= 4 is 5.97 Å². The average molecular weight is 172 g/mol. The summed E-state index contributed by atoms with van der Waals surface area (Å²) >= 11 is 0. The van der Waals surface area contributed by atoms with Gasteiger partial charge in [-0.15, -0.1) is 0 Å². The Kier molecular flexibility index (Phi) is 1.63. The molecular formula is C8H12O4. The molecule has 3 unspecified atom stereocenters. The van der Waals surface area contributed by atoms with Gasteiger partial charge in [0.25, 0.3) is 0 Å². The van der Waals surface area contributed by atoms with Gasteiger partial charge in [0.15, 0.2) is 0 Å². The predicted octanol–water partition coefficient (Wildman–Crippen LogP) is -0.158. The lowest BCUT2D eigenvalue weighted by Gasteiger charge is -2.19. The van der Waals surface area contributed by atoms with Crippen molar-refractivity contribution < 1.29 is 19.4 Å². The summed E-state index contributed by atoms with van der Waals surface area (Å²) in [7, 11) is 0. The van der Waals surface area contributed by atoms with Crippen LogP contribution in [0.3, 0.4) is 0 Å². The van der Waals surface area contributed by atoms with Crippen LogP contribution in [0.25, 0.3) is 0 Å². The topological polar surface area (TPSA) is 59.1 Å². The van der Waals surface area contributed by atoms with Gasteiger partial charge in [-0.3, -0.25) is 4.79 Å². The van der Waals surface area contributed by atoms with Gasteiger partial charge in [-0.05, 0) is 6.92 Å². The van der Waals surface area contributed by atoms with Crippen LogP contribution >= 0.6 is 0 Å². The number of hydrogen-bond donors (Lipinski definition) is 1. The fraction of sp³-hybridized carbons (Fsp3) is 0.875. The van der Waals surface area contributed by atoms with E-state index in [2.05, 4.69) is 0 Å². The predicted molar refractivity (Wildman–Crippen MR) is 39.5 cm³/mol. The highest BCUT2D eigenvalue weighted by Gasteiger charge is 2.56. The van der Waals surface area contributed by atoms with E-state index in [1.807, 2.05) is 6.92 Å². The minimum atomic E-state index is -0.482. The first-order chi connectivity index (χ1) is 5.65. The van der Waals surface area contributed by atoms with Crippen LogP contribution in [0.5, 0.6) is 0 Å². The minimum absolute atomic E-state index is 0.0117. The van der Waals surface area contributed by atoms with Crippen molar-refractivity contribution in [2.75, 3.05) is 6.61 Å². The summed E-state index contributed by atoms with van der Waals surface area (Å²) in [6.45, 7) is 1.87. The molecule has 0 aromatic rings. The number of hydrogen-bond acceptors (Lipinski definition) is 4. The molecule has 2 aliphatic heterocycles. The van der Waals surface area contributed by atoms with E-state index in [-0.39, 0.29) is 24.8 Å². The van der Waals surface area contributed by atoms with E-state index in [0.29, 0.717) is 12.8 Å². The molecule has 4 nitrogen and oxygen atoms in total. The summed E-state index contributed by atoms with van der Waals surface area (Å²) in [6.07, 6.45) is 0.955. The maximum Gasteiger partial charge on any atom is 0.306 e. The maximum absolute atomic E-state index is 10.8. The van der Waals surface area contributed by atoms with Crippen LogP contribution in [0.4, 0.5) is 0 Å². The first kappa shape index (κ1) is 8.01. The van der Waals surface area contributed by atoms with Gasteiger partial charge in [0.1, 0.15) is 17.8 Å². The molecule has 12 heavy (non-hydrogen) atoms. The summed E-state index contributed by atoms with van der Waals surface area (Å²) in [5.41, 5.74) is -0.482. The zero-order valence-electron chi connectivity index (χ0n) is 6.95. The van der Waals surface area contributed by atoms with Crippen molar-refractivity contribution in [2.24, 2.45) is 0 Å². The highest BCUT2D eigenvalue weighted by Crippen LogP contribution is 2.41. The van der Waals surface area contributed by atoms with Crippen molar-refractivity contribution in [2.45, 2.75) is 37.6 Å². The Morgan fingerprint density at radius 2 is 2.50 bits per heavy atom. The standard InChI is InChI=1S/C8H12O4/c1-8(3-2-6(10)12-8)7-5(4-9)11-7/h5,7,9H,2-4H2,1H3. The van der Waals surface area contributed by atoms with Crippen molar-refractivity contribution in [1.82, 2.24) is 0 Å². The number of epoxide rings is 1. The van der Waals surface area contributed by atoms with Crippen LogP contribution < -0.4 is 0 Å². The summed E-state index contributed by atoms with van der Waals surface area (Å²) in [5, 5.41) is 8.75. The molecule has 0 radical (unpaired) electrons. The molecule has 1 N–H and O–H groups in total. The Morgan fingerprint density at radius 1 is 1.75 bits per heavy atom. The third-order valence-electron chi connectivity index (χ3n) is 2.54. The largest absolute Gasteiger partial charge is 0.456 e. The number of carbonyl (C=O) groups excluding carboxylic acids is 1. The molecule has 4 heteroatoms. The number of carbonyl (C=O) groups is 1. The summed E-state index contributed by atoms with van der Waals surface area (Å²) < 4.78 is 10.3. The summed E-state index contributed by atoms with van der Waals surface area (Å²) in [4.78, 5) is 10.8. The smallest absolute Gasteiger partial charge is 0.306 e. The average Bonchev–Trinajstić information content (AvgIpc) is 2.74. The molecule has 68 valence electrons. The minimum Gasteiger partial charge on any atom is -0.456 e. The number of esters is 1. The van der Waals surface area contributed by atoms with Crippen LogP contribution in [-0.2, 0) is 14.3 Å². The lowest BCUT2D eigenvalue weighted by Crippen LogP contribution is -2.33. The van der Waals surface area contributed by atoms with Gasteiger partial charge in [0.2, 0.25) is 0 Å². The fourth-order valence-electron chi connectivity index (χ4n) is 1.73. The van der Waals surface area contributed by atoms with Gasteiger partial charge in [-0.25, -0.2) is 0 Å². The zero-order valence-corrected chi connectivity index (χ0v) is 6.95. The number of ether oxygens (including phenoxy) is 2. The second kappa shape index (κ2) is 2.44. The third kappa shape index (κ3) is 1.11. The van der Waals surface area contributed by atoms with E-state index in [0.717, 1.165) is 0 Å². The van der Waals surface area contributed by atoms with Crippen LogP contribution in [0.15, 0.2) is 0 Å². The Morgan fingerprint density at radius 3 is 2.92 bits per heavy atom. The van der Waals surface area contributed by atoms with E-state index in [9.17, 15) is 4.79 Å². The lowest BCUT2D eigenvalue weighted by atomic mass is 9.97. The first-order valence-electron chi connectivity index (χ1n) is 4.14. The lowest BCUT2D eigenvalue weighted by molar-refractivity contribution is -0.148. The van der Waals surface area contributed by atoms with Gasteiger partial charge in [0.05, 0.1) is 6.61 Å². The quantitative estimate of drug-likeness (QED) is 0.464. The third-order valence-corrected chi connectivity index (χ3v) is 2.54. The van der Waals surface area contributed by atoms with Crippen LogP contribution in [0.2, 0.25) is 0 Å². The van der Waals surface area contributed by atoms with E-state index < -0.39 is 5.60 Å². The highest BCUT2D eigenvalue weighted by molar-refractivity contribution is 5.72.